The molecule has 0 fully saturated rings. The Morgan fingerprint density at radius 1 is 1.62 bits per heavy atom. The number of anilines is 1. The van der Waals surface area contributed by atoms with E-state index in [0.29, 0.717) is 18.8 Å². The minimum Gasteiger partial charge on any atom is -0.469 e. The zero-order chi connectivity index (χ0) is 12.0. The Kier molecular flexibility index (Phi) is 4.85. The highest BCUT2D eigenvalue weighted by molar-refractivity contribution is 5.69. The van der Waals surface area contributed by atoms with E-state index >= 15 is 0 Å². The summed E-state index contributed by atoms with van der Waals surface area (Å²) in [6.45, 7) is 2.20. The van der Waals surface area contributed by atoms with E-state index in [2.05, 4.69) is 10.1 Å². The maximum absolute atomic E-state index is 10.8. The van der Waals surface area contributed by atoms with E-state index in [0.717, 1.165) is 5.76 Å². The Balaban J connectivity index is 2.19. The number of hydrogen-bond acceptors (Lipinski definition) is 5. The third-order valence-corrected chi connectivity index (χ3v) is 2.16. The van der Waals surface area contributed by atoms with Crippen molar-refractivity contribution in [1.82, 2.24) is 0 Å². The molecule has 0 saturated carbocycles. The first-order chi connectivity index (χ1) is 7.61. The van der Waals surface area contributed by atoms with Crippen LogP contribution in [-0.4, -0.2) is 30.8 Å². The molecule has 16 heavy (non-hydrogen) atoms. The van der Waals surface area contributed by atoms with E-state index in [1.807, 2.05) is 13.0 Å². The Hall–Kier alpha value is -1.49. The molecule has 0 aliphatic rings. The Morgan fingerprint density at radius 3 is 2.94 bits per heavy atom. The summed E-state index contributed by atoms with van der Waals surface area (Å²) in [5, 5.41) is 12.5. The number of furan rings is 1. The second kappa shape index (κ2) is 6.17. The summed E-state index contributed by atoms with van der Waals surface area (Å²) in [5.74, 6) is 1.12. The molecule has 2 N–H and O–H groups in total. The Labute approximate surface area is 94.4 Å². The molecule has 1 aromatic rings. The van der Waals surface area contributed by atoms with E-state index in [1.165, 1.54) is 7.11 Å². The SMILES string of the molecule is COC(=O)CCC(O)CNc1ccc(C)o1. The van der Waals surface area contributed by atoms with Gasteiger partial charge in [-0.15, -0.1) is 0 Å². The summed E-state index contributed by atoms with van der Waals surface area (Å²) < 4.78 is 9.74. The van der Waals surface area contributed by atoms with Crippen LogP contribution in [0.3, 0.4) is 0 Å². The number of aliphatic hydroxyl groups excluding tert-OH is 1. The molecular formula is C11H17NO4. The van der Waals surface area contributed by atoms with Gasteiger partial charge in [0.15, 0.2) is 5.88 Å². The number of ether oxygens (including phenoxy) is 1. The fourth-order valence-corrected chi connectivity index (χ4v) is 1.24. The van der Waals surface area contributed by atoms with Crippen LogP contribution >= 0.6 is 0 Å². The predicted molar refractivity (Wildman–Crippen MR) is 59.2 cm³/mol. The number of esters is 1. The lowest BCUT2D eigenvalue weighted by atomic mass is 10.2. The quantitative estimate of drug-likeness (QED) is 0.717. The molecule has 1 aromatic heterocycles. The summed E-state index contributed by atoms with van der Waals surface area (Å²) in [6, 6.07) is 3.63. The lowest BCUT2D eigenvalue weighted by Gasteiger charge is -2.10. The van der Waals surface area contributed by atoms with Gasteiger partial charge in [-0.2, -0.15) is 0 Å². The standard InChI is InChI=1S/C11H17NO4/c1-8-3-5-10(16-8)12-7-9(13)4-6-11(14)15-2/h3,5,9,12-13H,4,6-7H2,1-2H3. The smallest absolute Gasteiger partial charge is 0.305 e. The van der Waals surface area contributed by atoms with Crippen molar-refractivity contribution in [3.8, 4) is 0 Å². The summed E-state index contributed by atoms with van der Waals surface area (Å²) >= 11 is 0. The highest BCUT2D eigenvalue weighted by Crippen LogP contribution is 2.12. The molecule has 0 amide bonds. The van der Waals surface area contributed by atoms with Gasteiger partial charge in [-0.05, 0) is 19.4 Å². The molecule has 0 spiro atoms. The molecule has 0 radical (unpaired) electrons. The second-order valence-electron chi connectivity index (χ2n) is 3.56. The zero-order valence-corrected chi connectivity index (χ0v) is 9.53. The van der Waals surface area contributed by atoms with Crippen LogP contribution in [-0.2, 0) is 9.53 Å². The van der Waals surface area contributed by atoms with Gasteiger partial charge in [0.05, 0.1) is 13.2 Å². The third-order valence-electron chi connectivity index (χ3n) is 2.16. The van der Waals surface area contributed by atoms with Crippen LogP contribution < -0.4 is 5.32 Å². The van der Waals surface area contributed by atoms with Crippen LogP contribution in [0.5, 0.6) is 0 Å². The highest BCUT2D eigenvalue weighted by Gasteiger charge is 2.08. The van der Waals surface area contributed by atoms with Gasteiger partial charge in [0.2, 0.25) is 0 Å². The van der Waals surface area contributed by atoms with Gasteiger partial charge in [-0.1, -0.05) is 0 Å². The molecule has 1 atom stereocenters. The molecule has 0 aromatic carbocycles. The van der Waals surface area contributed by atoms with E-state index in [1.54, 1.807) is 6.07 Å². The first-order valence-electron chi connectivity index (χ1n) is 5.17. The summed E-state index contributed by atoms with van der Waals surface area (Å²) in [5.41, 5.74) is 0. The predicted octanol–water partition coefficient (Wildman–Crippen LogP) is 1.31. The van der Waals surface area contributed by atoms with E-state index in [4.69, 9.17) is 4.42 Å². The summed E-state index contributed by atoms with van der Waals surface area (Å²) in [7, 11) is 1.33. The average Bonchev–Trinajstić information content (AvgIpc) is 2.69. The molecule has 0 aliphatic carbocycles. The summed E-state index contributed by atoms with van der Waals surface area (Å²) in [6.07, 6.45) is 0.0000982. The summed E-state index contributed by atoms with van der Waals surface area (Å²) in [4.78, 5) is 10.8. The first kappa shape index (κ1) is 12.6. The Bertz CT molecular complexity index is 334. The van der Waals surface area contributed by atoms with Crippen LogP contribution in [0.4, 0.5) is 5.88 Å². The Morgan fingerprint density at radius 2 is 2.38 bits per heavy atom. The molecule has 1 rings (SSSR count). The number of aryl methyl sites for hydroxylation is 1. The number of carbonyl (C=O) groups is 1. The van der Waals surface area contributed by atoms with Crippen molar-refractivity contribution >= 4 is 11.9 Å². The van der Waals surface area contributed by atoms with Crippen LogP contribution in [0.25, 0.3) is 0 Å². The maximum Gasteiger partial charge on any atom is 0.305 e. The van der Waals surface area contributed by atoms with Crippen molar-refractivity contribution in [3.63, 3.8) is 0 Å². The molecule has 5 heteroatoms. The van der Waals surface area contributed by atoms with Crippen molar-refractivity contribution in [1.29, 1.82) is 0 Å². The van der Waals surface area contributed by atoms with Gasteiger partial charge < -0.3 is 19.6 Å². The van der Waals surface area contributed by atoms with Crippen LogP contribution in [0.15, 0.2) is 16.5 Å². The van der Waals surface area contributed by atoms with Crippen LogP contribution in [0.1, 0.15) is 18.6 Å². The molecular weight excluding hydrogens is 210 g/mol. The van der Waals surface area contributed by atoms with Crippen molar-refractivity contribution in [2.75, 3.05) is 19.0 Å². The third kappa shape index (κ3) is 4.35. The number of methoxy groups -OCH3 is 1. The van der Waals surface area contributed by atoms with Crippen molar-refractivity contribution in [2.45, 2.75) is 25.9 Å². The van der Waals surface area contributed by atoms with E-state index in [9.17, 15) is 9.90 Å². The van der Waals surface area contributed by atoms with E-state index < -0.39 is 6.10 Å². The van der Waals surface area contributed by atoms with E-state index in [-0.39, 0.29) is 12.4 Å². The number of carbonyl (C=O) groups excluding carboxylic acids is 1. The highest BCUT2D eigenvalue weighted by atomic mass is 16.5. The maximum atomic E-state index is 10.8. The average molecular weight is 227 g/mol. The van der Waals surface area contributed by atoms with Gasteiger partial charge in [0, 0.05) is 19.0 Å². The van der Waals surface area contributed by atoms with Crippen molar-refractivity contribution in [2.24, 2.45) is 0 Å². The first-order valence-corrected chi connectivity index (χ1v) is 5.17. The van der Waals surface area contributed by atoms with Gasteiger partial charge in [-0.3, -0.25) is 4.79 Å². The van der Waals surface area contributed by atoms with Crippen LogP contribution in [0, 0.1) is 6.92 Å². The fourth-order valence-electron chi connectivity index (χ4n) is 1.24. The number of nitrogens with one attached hydrogen (secondary N) is 1. The van der Waals surface area contributed by atoms with Gasteiger partial charge in [0.25, 0.3) is 0 Å². The molecule has 1 unspecified atom stereocenters. The van der Waals surface area contributed by atoms with Gasteiger partial charge in [-0.25, -0.2) is 0 Å². The molecule has 0 bridgehead atoms. The fraction of sp³-hybridized carbons (Fsp3) is 0.545. The largest absolute Gasteiger partial charge is 0.469 e. The normalized spacial score (nSPS) is 12.2. The zero-order valence-electron chi connectivity index (χ0n) is 9.53. The second-order valence-corrected chi connectivity index (χ2v) is 3.56. The van der Waals surface area contributed by atoms with Crippen molar-refractivity contribution < 1.29 is 19.1 Å². The lowest BCUT2D eigenvalue weighted by Crippen LogP contribution is -2.20. The molecule has 0 aliphatic heterocycles. The molecule has 0 saturated heterocycles. The minimum absolute atomic E-state index is 0.219. The minimum atomic E-state index is -0.593. The number of hydrogen-bond donors (Lipinski definition) is 2. The number of rotatable bonds is 6. The molecule has 1 heterocycles. The number of aliphatic hydroxyl groups is 1. The molecule has 90 valence electrons. The van der Waals surface area contributed by atoms with Gasteiger partial charge in [0.1, 0.15) is 5.76 Å². The lowest BCUT2D eigenvalue weighted by molar-refractivity contribution is -0.141. The topological polar surface area (TPSA) is 71.7 Å². The monoisotopic (exact) mass is 227 g/mol. The van der Waals surface area contributed by atoms with Crippen molar-refractivity contribution in [3.05, 3.63) is 17.9 Å². The van der Waals surface area contributed by atoms with Crippen LogP contribution in [0.2, 0.25) is 0 Å². The van der Waals surface area contributed by atoms with Gasteiger partial charge >= 0.3 is 5.97 Å². The molecule has 5 nitrogen and oxygen atoms in total.